The quantitative estimate of drug-likeness (QED) is 0.731. The van der Waals surface area contributed by atoms with Crippen LogP contribution >= 0.6 is 22.9 Å². The van der Waals surface area contributed by atoms with Crippen LogP contribution in [0.25, 0.3) is 10.2 Å². The average molecular weight is 254 g/mol. The summed E-state index contributed by atoms with van der Waals surface area (Å²) in [7, 11) is 0. The van der Waals surface area contributed by atoms with Gasteiger partial charge in [0.15, 0.2) is 0 Å². The summed E-state index contributed by atoms with van der Waals surface area (Å²) in [4.78, 5) is 11.9. The van der Waals surface area contributed by atoms with E-state index in [4.69, 9.17) is 11.6 Å². The van der Waals surface area contributed by atoms with Gasteiger partial charge in [0.1, 0.15) is 10.6 Å². The van der Waals surface area contributed by atoms with E-state index in [-0.39, 0.29) is 0 Å². The maximum absolute atomic E-state index is 5.95. The summed E-state index contributed by atoms with van der Waals surface area (Å²) in [6.07, 6.45) is 1.23. The monoisotopic (exact) mass is 253 g/mol. The lowest BCUT2D eigenvalue weighted by atomic mass is 10.2. The van der Waals surface area contributed by atoms with Crippen LogP contribution in [-0.4, -0.2) is 23.1 Å². The lowest BCUT2D eigenvalue weighted by Gasteiger charge is -2.17. The van der Waals surface area contributed by atoms with Crippen LogP contribution < -0.4 is 4.90 Å². The van der Waals surface area contributed by atoms with Gasteiger partial charge in [-0.2, -0.15) is 4.98 Å². The summed E-state index contributed by atoms with van der Waals surface area (Å²) in [6.45, 7) is 4.41. The van der Waals surface area contributed by atoms with Gasteiger partial charge < -0.3 is 4.90 Å². The second-order valence-electron chi connectivity index (χ2n) is 4.30. The lowest BCUT2D eigenvalue weighted by molar-refractivity contribution is 0.659. The minimum atomic E-state index is 0.351. The number of hydrogen-bond donors (Lipinski definition) is 0. The molecule has 1 aliphatic heterocycles. The van der Waals surface area contributed by atoms with Crippen LogP contribution in [-0.2, 0) is 0 Å². The molecule has 0 aromatic carbocycles. The van der Waals surface area contributed by atoms with Crippen molar-refractivity contribution in [2.45, 2.75) is 13.3 Å². The number of nitrogens with zero attached hydrogens (tertiary/aromatic N) is 3. The van der Waals surface area contributed by atoms with E-state index in [2.05, 4.69) is 27.9 Å². The number of hydrogen-bond acceptors (Lipinski definition) is 4. The van der Waals surface area contributed by atoms with Crippen LogP contribution in [0.5, 0.6) is 0 Å². The van der Waals surface area contributed by atoms with Crippen LogP contribution in [0.1, 0.15) is 13.3 Å². The highest BCUT2D eigenvalue weighted by molar-refractivity contribution is 7.16. The number of rotatable bonds is 1. The Balaban J connectivity index is 2.11. The van der Waals surface area contributed by atoms with E-state index in [9.17, 15) is 0 Å². The second-order valence-corrected chi connectivity index (χ2v) is 5.53. The Morgan fingerprint density at radius 1 is 1.50 bits per heavy atom. The molecular formula is C11H12ClN3S. The zero-order valence-electron chi connectivity index (χ0n) is 8.98. The number of aromatic nitrogens is 2. The minimum absolute atomic E-state index is 0.351. The molecule has 0 bridgehead atoms. The molecule has 3 heterocycles. The molecule has 3 rings (SSSR count). The van der Waals surface area contributed by atoms with E-state index in [1.165, 1.54) is 6.42 Å². The summed E-state index contributed by atoms with van der Waals surface area (Å²) in [5.41, 5.74) is 0. The largest absolute Gasteiger partial charge is 0.356 e. The third-order valence-electron chi connectivity index (χ3n) is 3.00. The highest BCUT2D eigenvalue weighted by atomic mass is 35.5. The highest BCUT2D eigenvalue weighted by Gasteiger charge is 2.22. The number of halogens is 1. The van der Waals surface area contributed by atoms with Gasteiger partial charge in [0.05, 0.1) is 5.39 Å². The normalized spacial score (nSPS) is 20.9. The van der Waals surface area contributed by atoms with Crippen LogP contribution in [0, 0.1) is 5.92 Å². The SMILES string of the molecule is CC1CCN(c2nc(Cl)nc3sccc23)C1. The first-order valence-electron chi connectivity index (χ1n) is 5.40. The van der Waals surface area contributed by atoms with Crippen LogP contribution in [0.15, 0.2) is 11.4 Å². The van der Waals surface area contributed by atoms with E-state index >= 15 is 0 Å². The molecule has 1 aliphatic rings. The molecule has 0 radical (unpaired) electrons. The Kier molecular flexibility index (Phi) is 2.48. The molecule has 2 aromatic heterocycles. The van der Waals surface area contributed by atoms with Gasteiger partial charge in [-0.1, -0.05) is 6.92 Å². The average Bonchev–Trinajstić information content (AvgIpc) is 2.84. The zero-order valence-corrected chi connectivity index (χ0v) is 10.6. The van der Waals surface area contributed by atoms with Gasteiger partial charge in [-0.15, -0.1) is 11.3 Å². The molecule has 5 heteroatoms. The van der Waals surface area contributed by atoms with Crippen molar-refractivity contribution >= 4 is 39.0 Å². The summed E-state index contributed by atoms with van der Waals surface area (Å²) < 4.78 is 0. The Morgan fingerprint density at radius 3 is 3.12 bits per heavy atom. The lowest BCUT2D eigenvalue weighted by Crippen LogP contribution is -2.20. The van der Waals surface area contributed by atoms with Gasteiger partial charge in [0.25, 0.3) is 0 Å². The molecule has 3 nitrogen and oxygen atoms in total. The molecule has 0 spiro atoms. The third kappa shape index (κ3) is 1.66. The topological polar surface area (TPSA) is 29.0 Å². The first-order valence-corrected chi connectivity index (χ1v) is 6.65. The second kappa shape index (κ2) is 3.86. The summed E-state index contributed by atoms with van der Waals surface area (Å²) in [5.74, 6) is 1.74. The summed E-state index contributed by atoms with van der Waals surface area (Å²) in [6, 6.07) is 2.08. The maximum Gasteiger partial charge on any atom is 0.225 e. The number of thiophene rings is 1. The summed E-state index contributed by atoms with van der Waals surface area (Å²) >= 11 is 7.57. The van der Waals surface area contributed by atoms with Gasteiger partial charge >= 0.3 is 0 Å². The van der Waals surface area contributed by atoms with E-state index in [1.54, 1.807) is 11.3 Å². The molecule has 84 valence electrons. The Morgan fingerprint density at radius 2 is 2.38 bits per heavy atom. The van der Waals surface area contributed by atoms with Crippen LogP contribution in [0.3, 0.4) is 0 Å². The predicted octanol–water partition coefficient (Wildman–Crippen LogP) is 3.19. The molecule has 1 saturated heterocycles. The first-order chi connectivity index (χ1) is 7.74. The van der Waals surface area contributed by atoms with Crippen LogP contribution in [0.4, 0.5) is 5.82 Å². The van der Waals surface area contributed by atoms with Gasteiger partial charge in [-0.3, -0.25) is 0 Å². The van der Waals surface area contributed by atoms with E-state index in [1.807, 2.05) is 5.38 Å². The van der Waals surface area contributed by atoms with Crippen molar-refractivity contribution in [3.8, 4) is 0 Å². The molecule has 0 saturated carbocycles. The van der Waals surface area contributed by atoms with Crippen molar-refractivity contribution in [3.05, 3.63) is 16.7 Å². The molecule has 0 N–H and O–H groups in total. The van der Waals surface area contributed by atoms with Gasteiger partial charge in [0.2, 0.25) is 5.28 Å². The van der Waals surface area contributed by atoms with Gasteiger partial charge in [-0.05, 0) is 35.4 Å². The summed E-state index contributed by atoms with van der Waals surface area (Å²) in [5, 5.41) is 3.52. The van der Waals surface area contributed by atoms with Crippen molar-refractivity contribution in [2.75, 3.05) is 18.0 Å². The molecule has 2 aromatic rings. The van der Waals surface area contributed by atoms with Crippen molar-refractivity contribution in [2.24, 2.45) is 5.92 Å². The van der Waals surface area contributed by atoms with E-state index < -0.39 is 0 Å². The van der Waals surface area contributed by atoms with Crippen molar-refractivity contribution in [1.82, 2.24) is 9.97 Å². The molecular weight excluding hydrogens is 242 g/mol. The fraction of sp³-hybridized carbons (Fsp3) is 0.455. The third-order valence-corrected chi connectivity index (χ3v) is 3.98. The highest BCUT2D eigenvalue weighted by Crippen LogP contribution is 2.31. The standard InChI is InChI=1S/C11H12ClN3S/c1-7-2-4-15(6-7)9-8-3-5-16-10(8)14-11(12)13-9/h3,5,7H,2,4,6H2,1H3. The molecule has 0 amide bonds. The fourth-order valence-electron chi connectivity index (χ4n) is 2.18. The van der Waals surface area contributed by atoms with Crippen molar-refractivity contribution in [1.29, 1.82) is 0 Å². The molecule has 1 unspecified atom stereocenters. The zero-order chi connectivity index (χ0) is 11.1. The van der Waals surface area contributed by atoms with Gasteiger partial charge in [-0.25, -0.2) is 4.98 Å². The molecule has 16 heavy (non-hydrogen) atoms. The van der Waals surface area contributed by atoms with Crippen molar-refractivity contribution in [3.63, 3.8) is 0 Å². The predicted molar refractivity (Wildman–Crippen MR) is 68.4 cm³/mol. The smallest absolute Gasteiger partial charge is 0.225 e. The number of anilines is 1. The maximum atomic E-state index is 5.95. The Labute approximate surface area is 103 Å². The molecule has 1 atom stereocenters. The Hall–Kier alpha value is -0.870. The molecule has 1 fully saturated rings. The fourth-order valence-corrected chi connectivity index (χ4v) is 3.16. The van der Waals surface area contributed by atoms with Crippen LogP contribution in [0.2, 0.25) is 5.28 Å². The van der Waals surface area contributed by atoms with Gasteiger partial charge in [0, 0.05) is 13.1 Å². The van der Waals surface area contributed by atoms with E-state index in [0.717, 1.165) is 35.0 Å². The first kappa shape index (κ1) is 10.3. The molecule has 0 aliphatic carbocycles. The Bertz CT molecular complexity index is 525. The van der Waals surface area contributed by atoms with Crippen molar-refractivity contribution < 1.29 is 0 Å². The minimum Gasteiger partial charge on any atom is -0.356 e. The number of fused-ring (bicyclic) bond motifs is 1. The van der Waals surface area contributed by atoms with E-state index in [0.29, 0.717) is 5.28 Å².